The number of fused-ring (bicyclic) bond motifs is 3. The van der Waals surface area contributed by atoms with E-state index in [2.05, 4.69) is 29.6 Å². The molecule has 1 fully saturated rings. The smallest absolute Gasteiger partial charge is 0.407 e. The van der Waals surface area contributed by atoms with E-state index in [0.717, 1.165) is 38.5 Å². The molecule has 186 valence electrons. The second-order valence-electron chi connectivity index (χ2n) is 9.35. The number of carboxylic acid groups (broad SMARTS) is 1. The quantitative estimate of drug-likeness (QED) is 0.472. The van der Waals surface area contributed by atoms with Crippen molar-refractivity contribution in [1.82, 2.24) is 10.2 Å². The summed E-state index contributed by atoms with van der Waals surface area (Å²) < 4.78 is 5.55. The van der Waals surface area contributed by atoms with Crippen molar-refractivity contribution >= 4 is 18.0 Å². The average molecular weight is 479 g/mol. The number of carboxylic acids is 1. The van der Waals surface area contributed by atoms with Crippen molar-refractivity contribution in [2.45, 2.75) is 63.3 Å². The number of rotatable bonds is 10. The molecule has 35 heavy (non-hydrogen) atoms. The second-order valence-corrected chi connectivity index (χ2v) is 9.35. The van der Waals surface area contributed by atoms with E-state index in [4.69, 9.17) is 4.74 Å². The summed E-state index contributed by atoms with van der Waals surface area (Å²) in [5, 5.41) is 12.1. The molecule has 0 spiro atoms. The fourth-order valence-electron chi connectivity index (χ4n) is 5.23. The molecule has 0 saturated carbocycles. The first-order valence-corrected chi connectivity index (χ1v) is 12.7. The zero-order valence-electron chi connectivity index (χ0n) is 20.1. The number of hydrogen-bond donors (Lipinski definition) is 2. The Morgan fingerprint density at radius 2 is 1.57 bits per heavy atom. The maximum atomic E-state index is 12.4. The zero-order valence-corrected chi connectivity index (χ0v) is 20.1. The molecule has 1 saturated heterocycles. The Bertz CT molecular complexity index is 1010. The van der Waals surface area contributed by atoms with Gasteiger partial charge < -0.3 is 20.1 Å². The molecule has 4 rings (SSSR count). The molecular formula is C28H34N2O5. The fraction of sp³-hybridized carbons (Fsp3) is 0.464. The summed E-state index contributed by atoms with van der Waals surface area (Å²) in [6.07, 6.45) is 5.53. The number of nitrogens with one attached hydrogen (secondary N) is 1. The highest BCUT2D eigenvalue weighted by Gasteiger charge is 2.31. The van der Waals surface area contributed by atoms with Gasteiger partial charge in [-0.2, -0.15) is 0 Å². The maximum Gasteiger partial charge on any atom is 0.407 e. The van der Waals surface area contributed by atoms with Gasteiger partial charge in [0.1, 0.15) is 12.6 Å². The van der Waals surface area contributed by atoms with Crippen molar-refractivity contribution in [1.29, 1.82) is 0 Å². The number of carbonyl (C=O) groups excluding carboxylic acids is 2. The predicted octanol–water partition coefficient (Wildman–Crippen LogP) is 4.94. The lowest BCUT2D eigenvalue weighted by atomic mass is 9.98. The van der Waals surface area contributed by atoms with Crippen LogP contribution >= 0.6 is 0 Å². The van der Waals surface area contributed by atoms with Crippen molar-refractivity contribution < 1.29 is 24.2 Å². The van der Waals surface area contributed by atoms with E-state index in [0.29, 0.717) is 32.5 Å². The number of hydrogen-bond acceptors (Lipinski definition) is 4. The molecular weight excluding hydrogens is 444 g/mol. The Labute approximate surface area is 206 Å². The Hall–Kier alpha value is -3.35. The molecule has 2 aliphatic rings. The van der Waals surface area contributed by atoms with Gasteiger partial charge in [-0.15, -0.1) is 0 Å². The van der Waals surface area contributed by atoms with Crippen molar-refractivity contribution in [3.05, 3.63) is 59.7 Å². The number of benzene rings is 2. The van der Waals surface area contributed by atoms with E-state index in [1.165, 1.54) is 27.2 Å². The molecule has 2 aromatic carbocycles. The lowest BCUT2D eigenvalue weighted by Crippen LogP contribution is -2.47. The molecule has 1 unspecified atom stereocenters. The van der Waals surface area contributed by atoms with Gasteiger partial charge >= 0.3 is 12.1 Å². The summed E-state index contributed by atoms with van der Waals surface area (Å²) >= 11 is 0. The third-order valence-corrected chi connectivity index (χ3v) is 7.04. The lowest BCUT2D eigenvalue weighted by molar-refractivity contribution is -0.152. The molecule has 1 atom stereocenters. The SMILES string of the molecule is O=C(NCCCCCCC(=O)N1CCCCC1C(=O)O)OCC1c2ccccc2-c2ccccc21. The van der Waals surface area contributed by atoms with Gasteiger partial charge in [-0.05, 0) is 54.4 Å². The van der Waals surface area contributed by atoms with Crippen LogP contribution in [0.1, 0.15) is 68.4 Å². The molecule has 1 aliphatic carbocycles. The van der Waals surface area contributed by atoms with Crippen molar-refractivity contribution in [3.8, 4) is 11.1 Å². The highest BCUT2D eigenvalue weighted by atomic mass is 16.5. The van der Waals surface area contributed by atoms with Crippen LogP contribution in [0.15, 0.2) is 48.5 Å². The predicted molar refractivity (Wildman–Crippen MR) is 133 cm³/mol. The molecule has 2 amide bonds. The van der Waals surface area contributed by atoms with Crippen LogP contribution in [0.2, 0.25) is 0 Å². The monoisotopic (exact) mass is 478 g/mol. The van der Waals surface area contributed by atoms with Crippen LogP contribution < -0.4 is 5.32 Å². The lowest BCUT2D eigenvalue weighted by Gasteiger charge is -2.33. The largest absolute Gasteiger partial charge is 0.480 e. The summed E-state index contributed by atoms with van der Waals surface area (Å²) in [6.45, 7) is 1.37. The number of alkyl carbamates (subject to hydrolysis) is 1. The van der Waals surface area contributed by atoms with Gasteiger partial charge in [0, 0.05) is 25.4 Å². The minimum Gasteiger partial charge on any atom is -0.480 e. The van der Waals surface area contributed by atoms with E-state index < -0.39 is 18.1 Å². The van der Waals surface area contributed by atoms with Gasteiger partial charge in [-0.1, -0.05) is 61.4 Å². The number of piperidine rings is 1. The summed E-state index contributed by atoms with van der Waals surface area (Å²) in [5.41, 5.74) is 4.79. The van der Waals surface area contributed by atoms with Gasteiger partial charge in [0.25, 0.3) is 0 Å². The second kappa shape index (κ2) is 11.9. The van der Waals surface area contributed by atoms with Gasteiger partial charge in [0.2, 0.25) is 5.91 Å². The topological polar surface area (TPSA) is 95.9 Å². The molecule has 7 nitrogen and oxygen atoms in total. The summed E-state index contributed by atoms with van der Waals surface area (Å²) in [5.74, 6) is -0.919. The first-order chi connectivity index (χ1) is 17.1. The van der Waals surface area contributed by atoms with E-state index in [9.17, 15) is 19.5 Å². The van der Waals surface area contributed by atoms with Gasteiger partial charge in [-0.25, -0.2) is 9.59 Å². The third kappa shape index (κ3) is 6.02. The molecule has 0 radical (unpaired) electrons. The summed E-state index contributed by atoms with van der Waals surface area (Å²) in [7, 11) is 0. The molecule has 0 bridgehead atoms. The molecule has 1 heterocycles. The number of aliphatic carboxylic acids is 1. The first-order valence-electron chi connectivity index (χ1n) is 12.7. The van der Waals surface area contributed by atoms with Crippen molar-refractivity contribution in [3.63, 3.8) is 0 Å². The van der Waals surface area contributed by atoms with E-state index in [-0.39, 0.29) is 11.8 Å². The van der Waals surface area contributed by atoms with Crippen LogP contribution in [0.5, 0.6) is 0 Å². The molecule has 7 heteroatoms. The van der Waals surface area contributed by atoms with Crippen LogP contribution in [0, 0.1) is 0 Å². The number of ether oxygens (including phenoxy) is 1. The van der Waals surface area contributed by atoms with Crippen molar-refractivity contribution in [2.24, 2.45) is 0 Å². The van der Waals surface area contributed by atoms with Gasteiger partial charge in [-0.3, -0.25) is 4.79 Å². The van der Waals surface area contributed by atoms with E-state index >= 15 is 0 Å². The Balaban J connectivity index is 1.11. The minimum absolute atomic E-state index is 0.0475. The zero-order chi connectivity index (χ0) is 24.6. The fourth-order valence-corrected chi connectivity index (χ4v) is 5.23. The number of nitrogens with zero attached hydrogens (tertiary/aromatic N) is 1. The van der Waals surface area contributed by atoms with Crippen LogP contribution in [-0.4, -0.2) is 53.7 Å². The normalized spacial score (nSPS) is 16.9. The summed E-state index contributed by atoms with van der Waals surface area (Å²) in [4.78, 5) is 37.5. The van der Waals surface area contributed by atoms with Crippen LogP contribution in [0.3, 0.4) is 0 Å². The molecule has 2 N–H and O–H groups in total. The van der Waals surface area contributed by atoms with E-state index in [1.807, 2.05) is 24.3 Å². The van der Waals surface area contributed by atoms with Gasteiger partial charge in [0.15, 0.2) is 0 Å². The third-order valence-electron chi connectivity index (χ3n) is 7.04. The van der Waals surface area contributed by atoms with Gasteiger partial charge in [0.05, 0.1) is 0 Å². The molecule has 2 aromatic rings. The van der Waals surface area contributed by atoms with Crippen molar-refractivity contribution in [2.75, 3.05) is 19.7 Å². The van der Waals surface area contributed by atoms with Crippen LogP contribution in [0.25, 0.3) is 11.1 Å². The van der Waals surface area contributed by atoms with Crippen LogP contribution in [0.4, 0.5) is 4.79 Å². The highest BCUT2D eigenvalue weighted by molar-refractivity contribution is 5.84. The number of likely N-dealkylation sites (tertiary alicyclic amines) is 1. The number of carbonyl (C=O) groups is 3. The van der Waals surface area contributed by atoms with Crippen LogP contribution in [-0.2, 0) is 14.3 Å². The Kier molecular flexibility index (Phi) is 8.40. The maximum absolute atomic E-state index is 12.4. The standard InChI is InChI=1S/C28H34N2O5/c31-26(30-18-10-8-15-25(30)27(32)33)16-3-1-2-9-17-29-28(34)35-19-24-22-13-6-4-11-20(22)21-12-5-7-14-23(21)24/h4-7,11-14,24-25H,1-3,8-10,15-19H2,(H,29,34)(H,32,33). The number of unbranched alkanes of at least 4 members (excludes halogenated alkanes) is 3. The molecule has 1 aliphatic heterocycles. The summed E-state index contributed by atoms with van der Waals surface area (Å²) in [6, 6.07) is 15.8. The first kappa shape index (κ1) is 24.8. The number of amides is 2. The Morgan fingerprint density at radius 1 is 0.914 bits per heavy atom. The highest BCUT2D eigenvalue weighted by Crippen LogP contribution is 2.44. The molecule has 0 aromatic heterocycles. The van der Waals surface area contributed by atoms with E-state index in [1.54, 1.807) is 0 Å². The Morgan fingerprint density at radius 3 is 2.26 bits per heavy atom. The average Bonchev–Trinajstić information content (AvgIpc) is 3.20. The minimum atomic E-state index is -0.905.